The van der Waals surface area contributed by atoms with Gasteiger partial charge < -0.3 is 22.0 Å². The minimum Gasteiger partial charge on any atom is -1.00 e. The van der Waals surface area contributed by atoms with Crippen LogP contribution >= 0.6 is 0 Å². The number of halogens is 1. The van der Waals surface area contributed by atoms with Gasteiger partial charge in [-0.1, -0.05) is 26.7 Å². The van der Waals surface area contributed by atoms with Crippen LogP contribution in [-0.4, -0.2) is 76.4 Å². The van der Waals surface area contributed by atoms with E-state index in [1.54, 1.807) is 7.11 Å². The molecule has 1 atom stereocenters. The average molecular weight is 346 g/mol. The van der Waals surface area contributed by atoms with Crippen LogP contribution in [0.3, 0.4) is 0 Å². The van der Waals surface area contributed by atoms with Crippen LogP contribution in [0.4, 0.5) is 0 Å². The van der Waals surface area contributed by atoms with E-state index in [0.717, 1.165) is 51.5 Å². The normalized spacial score (nSPS) is 17.9. The van der Waals surface area contributed by atoms with Gasteiger partial charge in [0.1, 0.15) is 0 Å². The molecule has 1 aromatic heterocycles. The Morgan fingerprint density at radius 3 is 2.52 bits per heavy atom. The van der Waals surface area contributed by atoms with E-state index in [1.807, 2.05) is 4.68 Å². The van der Waals surface area contributed by atoms with E-state index < -0.39 is 0 Å². The van der Waals surface area contributed by atoms with Crippen molar-refractivity contribution in [2.24, 2.45) is 0 Å². The smallest absolute Gasteiger partial charge is 0.168 e. The molecule has 0 spiro atoms. The van der Waals surface area contributed by atoms with Crippen molar-refractivity contribution in [3.63, 3.8) is 0 Å². The van der Waals surface area contributed by atoms with E-state index in [1.165, 1.54) is 12.8 Å². The quantitative estimate of drug-likeness (QED) is 0.526. The van der Waals surface area contributed by atoms with Crippen molar-refractivity contribution in [3.05, 3.63) is 5.82 Å². The van der Waals surface area contributed by atoms with Gasteiger partial charge in [0.15, 0.2) is 5.82 Å². The fraction of sp³-hybridized carbons (Fsp3) is 0.933. The standard InChI is InChI=1S/C15H30N6O.ClH/c1-4-6-7-14(20-10-8-19(5-2)9-11-20)15-16-17-18-21(15)12-13-22-3;/h14H,4-13H2,1-3H3;1H/p-1. The summed E-state index contributed by atoms with van der Waals surface area (Å²) in [5.41, 5.74) is 0. The van der Waals surface area contributed by atoms with E-state index >= 15 is 0 Å². The Hall–Kier alpha value is -0.760. The zero-order valence-corrected chi connectivity index (χ0v) is 15.4. The summed E-state index contributed by atoms with van der Waals surface area (Å²) in [6.07, 6.45) is 3.52. The van der Waals surface area contributed by atoms with Gasteiger partial charge >= 0.3 is 0 Å². The molecule has 2 rings (SSSR count). The van der Waals surface area contributed by atoms with Gasteiger partial charge in [-0.05, 0) is 23.4 Å². The number of nitrogens with zero attached hydrogens (tertiary/aromatic N) is 6. The van der Waals surface area contributed by atoms with Crippen molar-refractivity contribution in [1.29, 1.82) is 0 Å². The molecular formula is C15H30ClN6O-. The minimum absolute atomic E-state index is 0. The molecule has 0 aliphatic carbocycles. The predicted octanol–water partition coefficient (Wildman–Crippen LogP) is -1.81. The Labute approximate surface area is 145 Å². The van der Waals surface area contributed by atoms with Gasteiger partial charge in [0.2, 0.25) is 0 Å². The third-order valence-electron chi connectivity index (χ3n) is 4.49. The van der Waals surface area contributed by atoms with Crippen molar-refractivity contribution in [2.75, 3.05) is 46.4 Å². The first kappa shape index (κ1) is 20.3. The van der Waals surface area contributed by atoms with E-state index in [0.29, 0.717) is 12.6 Å². The molecule has 2 heterocycles. The predicted molar refractivity (Wildman–Crippen MR) is 85.6 cm³/mol. The van der Waals surface area contributed by atoms with Crippen LogP contribution in [0, 0.1) is 0 Å². The Kier molecular flexibility index (Phi) is 9.62. The molecule has 1 aliphatic rings. The van der Waals surface area contributed by atoms with Crippen LogP contribution in [-0.2, 0) is 11.3 Å². The minimum atomic E-state index is 0. The molecule has 1 aromatic rings. The fourth-order valence-corrected chi connectivity index (χ4v) is 3.05. The second-order valence-electron chi connectivity index (χ2n) is 5.88. The summed E-state index contributed by atoms with van der Waals surface area (Å²) >= 11 is 0. The van der Waals surface area contributed by atoms with E-state index in [2.05, 4.69) is 39.2 Å². The summed E-state index contributed by atoms with van der Waals surface area (Å²) in [5.74, 6) is 0.996. The third kappa shape index (κ3) is 5.67. The number of aromatic nitrogens is 4. The molecule has 0 radical (unpaired) electrons. The maximum absolute atomic E-state index is 5.17. The van der Waals surface area contributed by atoms with Crippen molar-refractivity contribution < 1.29 is 17.1 Å². The second kappa shape index (κ2) is 10.9. The summed E-state index contributed by atoms with van der Waals surface area (Å²) in [6.45, 7) is 11.4. The fourth-order valence-electron chi connectivity index (χ4n) is 3.05. The molecule has 0 N–H and O–H groups in total. The van der Waals surface area contributed by atoms with E-state index in [-0.39, 0.29) is 12.4 Å². The van der Waals surface area contributed by atoms with Crippen molar-refractivity contribution in [2.45, 2.75) is 45.7 Å². The van der Waals surface area contributed by atoms with Crippen LogP contribution in [0.5, 0.6) is 0 Å². The lowest BCUT2D eigenvalue weighted by molar-refractivity contribution is -0.00000536. The molecule has 23 heavy (non-hydrogen) atoms. The Balaban J connectivity index is 0.00000264. The number of ether oxygens (including phenoxy) is 1. The van der Waals surface area contributed by atoms with Crippen LogP contribution < -0.4 is 12.4 Å². The van der Waals surface area contributed by atoms with Gasteiger partial charge in [-0.25, -0.2) is 4.68 Å². The summed E-state index contributed by atoms with van der Waals surface area (Å²) < 4.78 is 7.08. The number of rotatable bonds is 9. The second-order valence-corrected chi connectivity index (χ2v) is 5.88. The van der Waals surface area contributed by atoms with Crippen LogP contribution in [0.1, 0.15) is 45.0 Å². The third-order valence-corrected chi connectivity index (χ3v) is 4.49. The summed E-state index contributed by atoms with van der Waals surface area (Å²) in [4.78, 5) is 5.05. The lowest BCUT2D eigenvalue weighted by Crippen LogP contribution is -3.00. The van der Waals surface area contributed by atoms with Gasteiger partial charge in [0, 0.05) is 33.3 Å². The maximum atomic E-state index is 5.17. The van der Waals surface area contributed by atoms with Gasteiger partial charge in [0.25, 0.3) is 0 Å². The van der Waals surface area contributed by atoms with Crippen molar-refractivity contribution in [1.82, 2.24) is 30.0 Å². The van der Waals surface area contributed by atoms with Crippen molar-refractivity contribution >= 4 is 0 Å². The molecule has 1 aliphatic heterocycles. The van der Waals surface area contributed by atoms with Gasteiger partial charge in [-0.2, -0.15) is 0 Å². The Morgan fingerprint density at radius 1 is 1.17 bits per heavy atom. The molecule has 7 nitrogen and oxygen atoms in total. The van der Waals surface area contributed by atoms with E-state index in [9.17, 15) is 0 Å². The lowest BCUT2D eigenvalue weighted by Gasteiger charge is -2.38. The molecule has 1 saturated heterocycles. The Bertz CT molecular complexity index is 422. The average Bonchev–Trinajstić information content (AvgIpc) is 3.02. The highest BCUT2D eigenvalue weighted by Gasteiger charge is 2.28. The van der Waals surface area contributed by atoms with Crippen LogP contribution in [0.25, 0.3) is 0 Å². The summed E-state index contributed by atoms with van der Waals surface area (Å²) in [6, 6.07) is 0.325. The topological polar surface area (TPSA) is 59.3 Å². The lowest BCUT2D eigenvalue weighted by atomic mass is 10.1. The highest BCUT2D eigenvalue weighted by atomic mass is 35.5. The molecule has 0 amide bonds. The molecule has 0 aromatic carbocycles. The number of tetrazole rings is 1. The molecule has 1 unspecified atom stereocenters. The molecule has 134 valence electrons. The van der Waals surface area contributed by atoms with Gasteiger partial charge in [-0.3, -0.25) is 4.90 Å². The van der Waals surface area contributed by atoms with Gasteiger partial charge in [-0.15, -0.1) is 5.10 Å². The van der Waals surface area contributed by atoms with Gasteiger partial charge in [0.05, 0.1) is 19.2 Å². The molecule has 0 saturated carbocycles. The largest absolute Gasteiger partial charge is 1.00 e. The molecule has 1 fully saturated rings. The summed E-state index contributed by atoms with van der Waals surface area (Å²) in [7, 11) is 1.71. The number of likely N-dealkylation sites (N-methyl/N-ethyl adjacent to an activating group) is 1. The molecular weight excluding hydrogens is 316 g/mol. The van der Waals surface area contributed by atoms with E-state index in [4.69, 9.17) is 4.74 Å². The van der Waals surface area contributed by atoms with Crippen molar-refractivity contribution in [3.8, 4) is 0 Å². The number of piperazine rings is 1. The first-order valence-electron chi connectivity index (χ1n) is 8.51. The van der Waals surface area contributed by atoms with Crippen LogP contribution in [0.15, 0.2) is 0 Å². The zero-order valence-electron chi connectivity index (χ0n) is 14.6. The number of hydrogen-bond donors (Lipinski definition) is 0. The highest BCUT2D eigenvalue weighted by Crippen LogP contribution is 2.25. The first-order chi connectivity index (χ1) is 10.8. The summed E-state index contributed by atoms with van der Waals surface area (Å²) in [5, 5.41) is 12.4. The molecule has 8 heteroatoms. The molecule has 0 bridgehead atoms. The van der Waals surface area contributed by atoms with Crippen LogP contribution in [0.2, 0.25) is 0 Å². The highest BCUT2D eigenvalue weighted by molar-refractivity contribution is 4.95. The zero-order chi connectivity index (χ0) is 15.8. The monoisotopic (exact) mass is 345 g/mol. The SMILES string of the molecule is CCCCC(c1nnnn1CCOC)N1CCN(CC)CC1.[Cl-]. The first-order valence-corrected chi connectivity index (χ1v) is 8.51. The number of unbranched alkanes of at least 4 members (excludes halogenated alkanes) is 1. The maximum Gasteiger partial charge on any atom is 0.168 e. The number of methoxy groups -OCH3 is 1. The number of hydrogen-bond acceptors (Lipinski definition) is 6. The Morgan fingerprint density at radius 2 is 1.91 bits per heavy atom.